The lowest BCUT2D eigenvalue weighted by Gasteiger charge is -2.35. The smallest absolute Gasteiger partial charge is 0.222 e. The molecule has 1 saturated heterocycles. The summed E-state index contributed by atoms with van der Waals surface area (Å²) in [4.78, 5) is 23.0. The number of hydrogen-bond acceptors (Lipinski definition) is 5. The van der Waals surface area contributed by atoms with Crippen LogP contribution in [0, 0.1) is 5.92 Å². The summed E-state index contributed by atoms with van der Waals surface area (Å²) >= 11 is 7.92. The number of imidazole rings is 1. The number of thiazole rings is 1. The summed E-state index contributed by atoms with van der Waals surface area (Å²) in [5.41, 5.74) is 4.34. The maximum Gasteiger partial charge on any atom is 0.222 e. The average molecular weight is 497 g/mol. The van der Waals surface area contributed by atoms with Crippen LogP contribution in [0.2, 0.25) is 5.02 Å². The molecule has 1 aliphatic rings. The molecule has 0 bridgehead atoms. The summed E-state index contributed by atoms with van der Waals surface area (Å²) in [6, 6.07) is 14.1. The minimum atomic E-state index is 0.265. The molecule has 0 atom stereocenters. The summed E-state index contributed by atoms with van der Waals surface area (Å²) in [5, 5.41) is 0.733. The molecule has 1 amide bonds. The highest BCUT2D eigenvalue weighted by atomic mass is 35.5. The van der Waals surface area contributed by atoms with Crippen LogP contribution in [-0.2, 0) is 11.3 Å². The molecule has 0 spiro atoms. The molecule has 0 saturated carbocycles. The Kier molecular flexibility index (Phi) is 6.51. The number of ether oxygens (including phenoxy) is 1. The Morgan fingerprint density at radius 2 is 1.85 bits per heavy atom. The van der Waals surface area contributed by atoms with E-state index in [1.807, 2.05) is 29.2 Å². The monoisotopic (exact) mass is 496 g/mol. The van der Waals surface area contributed by atoms with Crippen LogP contribution in [0.1, 0.15) is 26.0 Å². The number of aromatic nitrogens is 2. The third kappa shape index (κ3) is 4.52. The second kappa shape index (κ2) is 9.56. The topological polar surface area (TPSA) is 50.1 Å². The van der Waals surface area contributed by atoms with Crippen LogP contribution in [-0.4, -0.2) is 58.4 Å². The zero-order valence-electron chi connectivity index (χ0n) is 19.8. The van der Waals surface area contributed by atoms with Gasteiger partial charge < -0.3 is 9.64 Å². The van der Waals surface area contributed by atoms with Gasteiger partial charge in [-0.3, -0.25) is 14.1 Å². The first kappa shape index (κ1) is 23.1. The molecule has 0 radical (unpaired) electrons. The minimum Gasteiger partial charge on any atom is -0.497 e. The fourth-order valence-corrected chi connectivity index (χ4v) is 5.89. The molecular weight excluding hydrogens is 468 g/mol. The molecule has 178 valence electrons. The fourth-order valence-electron chi connectivity index (χ4n) is 4.57. The number of nitrogens with zero attached hydrogens (tertiary/aromatic N) is 4. The van der Waals surface area contributed by atoms with Gasteiger partial charge in [0.1, 0.15) is 5.75 Å². The van der Waals surface area contributed by atoms with Gasteiger partial charge in [-0.15, -0.1) is 0 Å². The third-order valence-electron chi connectivity index (χ3n) is 6.35. The van der Waals surface area contributed by atoms with Gasteiger partial charge >= 0.3 is 0 Å². The largest absolute Gasteiger partial charge is 0.497 e. The summed E-state index contributed by atoms with van der Waals surface area (Å²) < 4.78 is 8.74. The van der Waals surface area contributed by atoms with Crippen LogP contribution in [0.15, 0.2) is 42.5 Å². The molecule has 2 aromatic carbocycles. The number of carbonyl (C=O) groups is 1. The molecule has 8 heteroatoms. The molecule has 6 nitrogen and oxygen atoms in total. The van der Waals surface area contributed by atoms with Crippen LogP contribution < -0.4 is 4.74 Å². The van der Waals surface area contributed by atoms with E-state index < -0.39 is 0 Å². The maximum absolute atomic E-state index is 12.5. The Balaban J connectivity index is 1.48. The van der Waals surface area contributed by atoms with Gasteiger partial charge in [0.2, 0.25) is 5.91 Å². The van der Waals surface area contributed by atoms with Crippen molar-refractivity contribution < 1.29 is 9.53 Å². The lowest BCUT2D eigenvalue weighted by molar-refractivity contribution is -0.133. The van der Waals surface area contributed by atoms with E-state index in [0.29, 0.717) is 12.3 Å². The van der Waals surface area contributed by atoms with Crippen LogP contribution in [0.3, 0.4) is 0 Å². The van der Waals surface area contributed by atoms with Crippen LogP contribution in [0.25, 0.3) is 26.4 Å². The number of rotatable bonds is 6. The van der Waals surface area contributed by atoms with Crippen LogP contribution in [0.5, 0.6) is 5.75 Å². The van der Waals surface area contributed by atoms with Crippen molar-refractivity contribution in [2.75, 3.05) is 33.3 Å². The van der Waals surface area contributed by atoms with Crippen molar-refractivity contribution in [1.29, 1.82) is 0 Å². The number of piperazine rings is 1. The highest BCUT2D eigenvalue weighted by Crippen LogP contribution is 2.35. The molecule has 3 heterocycles. The summed E-state index contributed by atoms with van der Waals surface area (Å²) in [6.07, 6.45) is 0.619. The quantitative estimate of drug-likeness (QED) is 0.350. The van der Waals surface area contributed by atoms with Crippen molar-refractivity contribution in [3.8, 4) is 17.0 Å². The molecule has 5 rings (SSSR count). The average Bonchev–Trinajstić information content (AvgIpc) is 3.35. The number of methoxy groups -OCH3 is 1. The van der Waals surface area contributed by atoms with E-state index in [9.17, 15) is 4.79 Å². The standard InChI is InChI=1S/C26H29ClN4O2S/c1-17(2)14-24(32)30-12-10-29(11-13-30)16-22-25(18-4-7-20(33-3)8-5-18)28-26-31(22)21-9-6-19(27)15-23(21)34-26/h4-9,15,17H,10-14,16H2,1-3H3. The van der Waals surface area contributed by atoms with Gasteiger partial charge in [0, 0.05) is 49.7 Å². The van der Waals surface area contributed by atoms with Crippen molar-refractivity contribution in [2.45, 2.75) is 26.8 Å². The maximum atomic E-state index is 12.5. The number of fused-ring (bicyclic) bond motifs is 3. The van der Waals surface area contributed by atoms with Crippen molar-refractivity contribution in [2.24, 2.45) is 5.92 Å². The van der Waals surface area contributed by atoms with Crippen LogP contribution in [0.4, 0.5) is 0 Å². The van der Waals surface area contributed by atoms with Gasteiger partial charge in [0.05, 0.1) is 28.7 Å². The number of benzene rings is 2. The number of carbonyl (C=O) groups excluding carboxylic acids is 1. The van der Waals surface area contributed by atoms with Gasteiger partial charge in [0.25, 0.3) is 0 Å². The van der Waals surface area contributed by atoms with E-state index in [-0.39, 0.29) is 5.91 Å². The Morgan fingerprint density at radius 3 is 2.53 bits per heavy atom. The highest BCUT2D eigenvalue weighted by molar-refractivity contribution is 7.23. The normalized spacial score (nSPS) is 15.0. The van der Waals surface area contributed by atoms with E-state index in [2.05, 4.69) is 41.3 Å². The second-order valence-corrected chi connectivity index (χ2v) is 10.7. The second-order valence-electron chi connectivity index (χ2n) is 9.22. The van der Waals surface area contributed by atoms with Crippen molar-refractivity contribution in [1.82, 2.24) is 19.2 Å². The Bertz CT molecular complexity index is 1320. The minimum absolute atomic E-state index is 0.265. The van der Waals surface area contributed by atoms with Gasteiger partial charge in [-0.2, -0.15) is 0 Å². The predicted octanol–water partition coefficient (Wildman–Crippen LogP) is 5.57. The first-order chi connectivity index (χ1) is 16.4. The molecule has 4 aromatic rings. The predicted molar refractivity (Wildman–Crippen MR) is 139 cm³/mol. The lowest BCUT2D eigenvalue weighted by atomic mass is 10.1. The third-order valence-corrected chi connectivity index (χ3v) is 7.59. The van der Waals surface area contributed by atoms with Crippen LogP contribution >= 0.6 is 22.9 Å². The number of hydrogen-bond donors (Lipinski definition) is 0. The van der Waals surface area contributed by atoms with Gasteiger partial charge in [0.15, 0.2) is 4.96 Å². The molecule has 0 aliphatic carbocycles. The molecule has 2 aromatic heterocycles. The van der Waals surface area contributed by atoms with Crippen molar-refractivity contribution >= 4 is 44.0 Å². The lowest BCUT2D eigenvalue weighted by Crippen LogP contribution is -2.48. The summed E-state index contributed by atoms with van der Waals surface area (Å²) in [6.45, 7) is 8.20. The molecule has 1 fully saturated rings. The Labute approximate surface area is 208 Å². The number of amides is 1. The first-order valence-electron chi connectivity index (χ1n) is 11.7. The van der Waals surface area contributed by atoms with Crippen molar-refractivity contribution in [3.05, 3.63) is 53.2 Å². The summed E-state index contributed by atoms with van der Waals surface area (Å²) in [5.74, 6) is 1.48. The Hall–Kier alpha value is -2.61. The SMILES string of the molecule is COc1ccc(-c2nc3sc4cc(Cl)ccc4n3c2CN2CCN(C(=O)CC(C)C)CC2)cc1. The Morgan fingerprint density at radius 1 is 1.12 bits per heavy atom. The molecule has 0 N–H and O–H groups in total. The summed E-state index contributed by atoms with van der Waals surface area (Å²) in [7, 11) is 1.68. The molecule has 34 heavy (non-hydrogen) atoms. The zero-order valence-corrected chi connectivity index (χ0v) is 21.3. The van der Waals surface area contributed by atoms with Gasteiger partial charge in [-0.1, -0.05) is 36.8 Å². The molecule has 1 aliphatic heterocycles. The number of halogens is 1. The van der Waals surface area contributed by atoms with E-state index in [0.717, 1.165) is 75.6 Å². The van der Waals surface area contributed by atoms with E-state index >= 15 is 0 Å². The zero-order chi connectivity index (χ0) is 23.8. The van der Waals surface area contributed by atoms with Gasteiger partial charge in [-0.05, 0) is 48.4 Å². The van der Waals surface area contributed by atoms with E-state index in [1.165, 1.54) is 0 Å². The van der Waals surface area contributed by atoms with E-state index in [4.69, 9.17) is 21.3 Å². The van der Waals surface area contributed by atoms with Crippen molar-refractivity contribution in [3.63, 3.8) is 0 Å². The fraction of sp³-hybridized carbons (Fsp3) is 0.385. The first-order valence-corrected chi connectivity index (χ1v) is 12.9. The van der Waals surface area contributed by atoms with E-state index in [1.54, 1.807) is 18.4 Å². The molecular formula is C26H29ClN4O2S. The molecule has 0 unspecified atom stereocenters. The van der Waals surface area contributed by atoms with Gasteiger partial charge in [-0.25, -0.2) is 4.98 Å². The highest BCUT2D eigenvalue weighted by Gasteiger charge is 2.25.